The molecule has 3 fully saturated rings. The Morgan fingerprint density at radius 2 is 1.66 bits per heavy atom. The van der Waals surface area contributed by atoms with Gasteiger partial charge in [-0.05, 0) is 25.0 Å². The molecule has 5 heterocycles. The molecule has 0 bridgehead atoms. The number of rotatable bonds is 6. The largest absolute Gasteiger partial charge is 0.377 e. The minimum Gasteiger partial charge on any atom is -0.377 e. The number of carbonyl (C=O) groups excluding carboxylic acids is 1. The summed E-state index contributed by atoms with van der Waals surface area (Å²) < 4.78 is 7.33. The van der Waals surface area contributed by atoms with E-state index in [-0.39, 0.29) is 12.5 Å². The third kappa shape index (κ3) is 4.99. The maximum Gasteiger partial charge on any atom is 0.244 e. The van der Waals surface area contributed by atoms with Gasteiger partial charge in [0.1, 0.15) is 19.2 Å². The highest BCUT2D eigenvalue weighted by Crippen LogP contribution is 2.19. The van der Waals surface area contributed by atoms with Gasteiger partial charge >= 0.3 is 0 Å². The van der Waals surface area contributed by atoms with Gasteiger partial charge in [-0.3, -0.25) is 9.69 Å². The van der Waals surface area contributed by atoms with Crippen LogP contribution in [0.4, 0.5) is 11.6 Å². The number of anilines is 2. The van der Waals surface area contributed by atoms with E-state index in [0.29, 0.717) is 19.2 Å². The first-order valence-corrected chi connectivity index (χ1v) is 11.5. The Bertz CT molecular complexity index is 854. The van der Waals surface area contributed by atoms with Gasteiger partial charge in [-0.25, -0.2) is 9.67 Å². The fraction of sp³-hybridized carbons (Fsp3) is 0.667. The Hall–Kier alpha value is -2.79. The van der Waals surface area contributed by atoms with Crippen molar-refractivity contribution in [2.45, 2.75) is 25.5 Å². The molecule has 2 aromatic heterocycles. The molecule has 0 aliphatic carbocycles. The van der Waals surface area contributed by atoms with E-state index in [1.807, 2.05) is 11.0 Å². The van der Waals surface area contributed by atoms with Crippen molar-refractivity contribution >= 4 is 17.5 Å². The highest BCUT2D eigenvalue weighted by Gasteiger charge is 2.25. The van der Waals surface area contributed by atoms with Crippen LogP contribution >= 0.6 is 0 Å². The molecule has 0 saturated carbocycles. The van der Waals surface area contributed by atoms with Crippen molar-refractivity contribution in [3.8, 4) is 0 Å². The van der Waals surface area contributed by atoms with Crippen LogP contribution in [0.5, 0.6) is 0 Å². The van der Waals surface area contributed by atoms with Crippen molar-refractivity contribution in [2.75, 3.05) is 75.3 Å². The van der Waals surface area contributed by atoms with Gasteiger partial charge < -0.3 is 19.4 Å². The molecular weight excluding hydrogens is 410 g/mol. The number of hydrogen-bond donors (Lipinski definition) is 0. The van der Waals surface area contributed by atoms with Gasteiger partial charge in [-0.15, -0.1) is 10.2 Å². The first kappa shape index (κ1) is 21.1. The van der Waals surface area contributed by atoms with Crippen molar-refractivity contribution in [2.24, 2.45) is 0 Å². The van der Waals surface area contributed by atoms with Crippen LogP contribution in [0, 0.1) is 0 Å². The molecule has 2 aromatic rings. The van der Waals surface area contributed by atoms with Crippen LogP contribution in [-0.4, -0.2) is 112 Å². The van der Waals surface area contributed by atoms with Gasteiger partial charge in [-0.1, -0.05) is 0 Å². The third-order valence-corrected chi connectivity index (χ3v) is 6.54. The minimum atomic E-state index is 0.0650. The Morgan fingerprint density at radius 3 is 2.22 bits per heavy atom. The van der Waals surface area contributed by atoms with Gasteiger partial charge in [0.05, 0.1) is 6.10 Å². The highest BCUT2D eigenvalue weighted by atomic mass is 16.5. The second-order valence-electron chi connectivity index (χ2n) is 8.63. The van der Waals surface area contributed by atoms with E-state index in [1.165, 1.54) is 19.2 Å². The molecule has 1 unspecified atom stereocenters. The number of nitrogens with zero attached hydrogens (tertiary/aromatic N) is 9. The Morgan fingerprint density at radius 1 is 0.969 bits per heavy atom. The molecular formula is C21H31N9O2. The zero-order valence-electron chi connectivity index (χ0n) is 18.4. The number of ether oxygens (including phenoxy) is 1. The molecule has 32 heavy (non-hydrogen) atoms. The van der Waals surface area contributed by atoms with E-state index in [4.69, 9.17) is 4.74 Å². The maximum atomic E-state index is 12.4. The van der Waals surface area contributed by atoms with Crippen molar-refractivity contribution < 1.29 is 9.53 Å². The predicted molar refractivity (Wildman–Crippen MR) is 118 cm³/mol. The number of aromatic nitrogens is 5. The SMILES string of the molecule is O=C(Cn1cncn1)N1CCN(c2ccc(N3CCN(CC4CCCO4)CC3)nn2)CC1. The van der Waals surface area contributed by atoms with Crippen molar-refractivity contribution in [3.63, 3.8) is 0 Å². The molecule has 0 radical (unpaired) electrons. The highest BCUT2D eigenvalue weighted by molar-refractivity contribution is 5.76. The summed E-state index contributed by atoms with van der Waals surface area (Å²) in [7, 11) is 0. The van der Waals surface area contributed by atoms with Gasteiger partial charge in [0, 0.05) is 65.5 Å². The zero-order valence-corrected chi connectivity index (χ0v) is 18.4. The Balaban J connectivity index is 1.08. The molecule has 1 atom stereocenters. The molecule has 3 aliphatic heterocycles. The van der Waals surface area contributed by atoms with Gasteiger partial charge in [0.2, 0.25) is 5.91 Å². The number of piperazine rings is 2. The molecule has 3 aliphatic rings. The Kier molecular flexibility index (Phi) is 6.44. The van der Waals surface area contributed by atoms with Gasteiger partial charge in [-0.2, -0.15) is 5.10 Å². The second kappa shape index (κ2) is 9.78. The predicted octanol–water partition coefficient (Wildman–Crippen LogP) is -0.282. The lowest BCUT2D eigenvalue weighted by Gasteiger charge is -2.37. The van der Waals surface area contributed by atoms with E-state index in [1.54, 1.807) is 11.0 Å². The first-order chi connectivity index (χ1) is 15.7. The van der Waals surface area contributed by atoms with Gasteiger partial charge in [0.15, 0.2) is 11.6 Å². The lowest BCUT2D eigenvalue weighted by Crippen LogP contribution is -2.50. The van der Waals surface area contributed by atoms with Crippen molar-refractivity contribution in [3.05, 3.63) is 24.8 Å². The minimum absolute atomic E-state index is 0.0650. The fourth-order valence-electron chi connectivity index (χ4n) is 4.63. The smallest absolute Gasteiger partial charge is 0.244 e. The fourth-order valence-corrected chi connectivity index (χ4v) is 4.63. The van der Waals surface area contributed by atoms with Crippen LogP contribution in [-0.2, 0) is 16.1 Å². The molecule has 0 spiro atoms. The molecule has 11 heteroatoms. The number of amides is 1. The third-order valence-electron chi connectivity index (χ3n) is 6.54. The molecule has 0 N–H and O–H groups in total. The monoisotopic (exact) mass is 441 g/mol. The standard InChI is InChI=1S/C21H31N9O2/c31-21(15-30-17-22-16-23-30)29-11-9-28(10-12-29)20-4-3-19(24-25-20)27-7-5-26(6-8-27)14-18-2-1-13-32-18/h3-4,16-18H,1-2,5-15H2. The maximum absolute atomic E-state index is 12.4. The summed E-state index contributed by atoms with van der Waals surface area (Å²) >= 11 is 0. The summed E-state index contributed by atoms with van der Waals surface area (Å²) in [5, 5.41) is 13.0. The van der Waals surface area contributed by atoms with E-state index in [2.05, 4.69) is 41.0 Å². The molecule has 11 nitrogen and oxygen atoms in total. The Labute approximate surface area is 187 Å². The summed E-state index contributed by atoms with van der Waals surface area (Å²) in [6.45, 7) is 9.04. The summed E-state index contributed by atoms with van der Waals surface area (Å²) in [6.07, 6.45) is 5.81. The average molecular weight is 442 g/mol. The van der Waals surface area contributed by atoms with Crippen LogP contribution in [0.15, 0.2) is 24.8 Å². The summed E-state index contributed by atoms with van der Waals surface area (Å²) in [5.41, 5.74) is 0. The first-order valence-electron chi connectivity index (χ1n) is 11.5. The molecule has 3 saturated heterocycles. The van der Waals surface area contributed by atoms with Crippen LogP contribution in [0.25, 0.3) is 0 Å². The average Bonchev–Trinajstić information content (AvgIpc) is 3.54. The van der Waals surface area contributed by atoms with E-state index in [0.717, 1.165) is 64.1 Å². The van der Waals surface area contributed by atoms with Crippen LogP contribution in [0.1, 0.15) is 12.8 Å². The lowest BCUT2D eigenvalue weighted by molar-refractivity contribution is -0.132. The second-order valence-corrected chi connectivity index (χ2v) is 8.63. The van der Waals surface area contributed by atoms with E-state index in [9.17, 15) is 4.79 Å². The quantitative estimate of drug-likeness (QED) is 0.600. The van der Waals surface area contributed by atoms with Crippen LogP contribution in [0.2, 0.25) is 0 Å². The summed E-state index contributed by atoms with van der Waals surface area (Å²) in [5.74, 6) is 1.87. The molecule has 0 aromatic carbocycles. The zero-order chi connectivity index (χ0) is 21.8. The van der Waals surface area contributed by atoms with E-state index >= 15 is 0 Å². The van der Waals surface area contributed by atoms with Crippen LogP contribution in [0.3, 0.4) is 0 Å². The van der Waals surface area contributed by atoms with E-state index < -0.39 is 0 Å². The van der Waals surface area contributed by atoms with Crippen LogP contribution < -0.4 is 9.80 Å². The molecule has 172 valence electrons. The molecule has 5 rings (SSSR count). The lowest BCUT2D eigenvalue weighted by atomic mass is 10.2. The number of carbonyl (C=O) groups is 1. The van der Waals surface area contributed by atoms with Gasteiger partial charge in [0.25, 0.3) is 0 Å². The topological polar surface area (TPSA) is 95.8 Å². The summed E-state index contributed by atoms with van der Waals surface area (Å²) in [4.78, 5) is 25.2. The van der Waals surface area contributed by atoms with Crippen molar-refractivity contribution in [1.29, 1.82) is 0 Å². The van der Waals surface area contributed by atoms with Crippen molar-refractivity contribution in [1.82, 2.24) is 34.8 Å². The number of hydrogen-bond acceptors (Lipinski definition) is 9. The summed E-state index contributed by atoms with van der Waals surface area (Å²) in [6, 6.07) is 4.12. The molecule has 1 amide bonds. The normalized spacial score (nSPS) is 22.5.